The van der Waals surface area contributed by atoms with Crippen molar-refractivity contribution in [2.45, 2.75) is 18.8 Å². The number of H-pyrrole nitrogens is 1. The fraction of sp³-hybridized carbons (Fsp3) is 0.353. The number of hydrogen-bond donors (Lipinski definition) is 2. The lowest BCUT2D eigenvalue weighted by molar-refractivity contribution is -0.127. The monoisotopic (exact) mass is 403 g/mol. The van der Waals surface area contributed by atoms with Crippen LogP contribution in [0.3, 0.4) is 0 Å². The number of hydrogen-bond acceptors (Lipinski definition) is 3. The van der Waals surface area contributed by atoms with E-state index in [2.05, 4.69) is 37.5 Å². The molecule has 1 fully saturated rings. The second-order valence-electron chi connectivity index (χ2n) is 6.61. The Balaban J connectivity index is 1.68. The molecule has 130 valence electrons. The first-order valence-corrected chi connectivity index (χ1v) is 8.92. The molecular formula is C17H18BrN5O2. The third-order valence-electron chi connectivity index (χ3n) is 5.06. The molecule has 0 aliphatic carbocycles. The minimum atomic E-state index is -0.215. The molecule has 2 aromatic rings. The first kappa shape index (κ1) is 16.1. The fourth-order valence-corrected chi connectivity index (χ4v) is 4.18. The summed E-state index contributed by atoms with van der Waals surface area (Å²) < 4.78 is 0.974. The van der Waals surface area contributed by atoms with Crippen molar-refractivity contribution in [1.82, 2.24) is 15.1 Å². The number of halogens is 1. The smallest absolute Gasteiger partial charge is 0.327 e. The van der Waals surface area contributed by atoms with Crippen LogP contribution in [0.4, 0.5) is 16.3 Å². The number of fused-ring (bicyclic) bond motifs is 2. The summed E-state index contributed by atoms with van der Waals surface area (Å²) in [5.74, 6) is 0.564. The highest BCUT2D eigenvalue weighted by Gasteiger charge is 2.49. The zero-order valence-electron chi connectivity index (χ0n) is 13.8. The number of amides is 3. The Morgan fingerprint density at radius 1 is 1.32 bits per heavy atom. The van der Waals surface area contributed by atoms with Gasteiger partial charge >= 0.3 is 6.03 Å². The van der Waals surface area contributed by atoms with Crippen LogP contribution in [0.15, 0.2) is 34.9 Å². The molecule has 0 saturated carbocycles. The largest absolute Gasteiger partial charge is 0.342 e. The minimum absolute atomic E-state index is 0.0767. The van der Waals surface area contributed by atoms with E-state index in [1.165, 1.54) is 0 Å². The molecular weight excluding hydrogens is 386 g/mol. The summed E-state index contributed by atoms with van der Waals surface area (Å²) in [6.07, 6.45) is 2.51. The number of carbonyl (C=O) groups excluding carboxylic acids is 2. The van der Waals surface area contributed by atoms with Crippen molar-refractivity contribution in [2.75, 3.05) is 29.9 Å². The maximum absolute atomic E-state index is 12.8. The predicted octanol–water partition coefficient (Wildman–Crippen LogP) is 2.71. The van der Waals surface area contributed by atoms with Crippen molar-refractivity contribution in [2.24, 2.45) is 0 Å². The van der Waals surface area contributed by atoms with Crippen molar-refractivity contribution in [1.29, 1.82) is 0 Å². The highest BCUT2D eigenvalue weighted by molar-refractivity contribution is 9.10. The van der Waals surface area contributed by atoms with Crippen LogP contribution in [0, 0.1) is 0 Å². The Bertz CT molecular complexity index is 838. The molecule has 2 aliphatic heterocycles. The van der Waals surface area contributed by atoms with Gasteiger partial charge < -0.3 is 4.90 Å². The number of aromatic amines is 1. The van der Waals surface area contributed by atoms with Gasteiger partial charge in [0.2, 0.25) is 5.91 Å². The maximum atomic E-state index is 12.8. The van der Waals surface area contributed by atoms with E-state index in [1.807, 2.05) is 17.0 Å². The van der Waals surface area contributed by atoms with Gasteiger partial charge in [0.05, 0.1) is 0 Å². The Labute approximate surface area is 153 Å². The van der Waals surface area contributed by atoms with Crippen LogP contribution in [0.1, 0.15) is 18.9 Å². The molecule has 2 aliphatic rings. The first-order chi connectivity index (χ1) is 12.0. The van der Waals surface area contributed by atoms with E-state index < -0.39 is 0 Å². The first-order valence-electron chi connectivity index (χ1n) is 8.12. The summed E-state index contributed by atoms with van der Waals surface area (Å²) in [7, 11) is 0. The zero-order valence-corrected chi connectivity index (χ0v) is 15.3. The summed E-state index contributed by atoms with van der Waals surface area (Å²) >= 11 is 3.53. The number of nitrogens with zero attached hydrogens (tertiary/aromatic N) is 3. The summed E-state index contributed by atoms with van der Waals surface area (Å²) in [5, 5.41) is 9.48. The Kier molecular flexibility index (Phi) is 3.79. The van der Waals surface area contributed by atoms with E-state index in [9.17, 15) is 9.59 Å². The number of anilines is 2. The summed E-state index contributed by atoms with van der Waals surface area (Å²) in [6, 6.07) is 7.45. The number of likely N-dealkylation sites (tertiary alicyclic amines) is 1. The highest BCUT2D eigenvalue weighted by atomic mass is 79.9. The quantitative estimate of drug-likeness (QED) is 0.767. The number of aromatic nitrogens is 2. The van der Waals surface area contributed by atoms with E-state index in [0.29, 0.717) is 18.9 Å². The van der Waals surface area contributed by atoms with Crippen LogP contribution >= 0.6 is 15.9 Å². The van der Waals surface area contributed by atoms with E-state index >= 15 is 0 Å². The molecule has 8 heteroatoms. The van der Waals surface area contributed by atoms with Gasteiger partial charge in [-0.2, -0.15) is 5.10 Å². The average Bonchev–Trinajstić information content (AvgIpc) is 3.28. The lowest BCUT2D eigenvalue weighted by atomic mass is 9.81. The van der Waals surface area contributed by atoms with Crippen molar-refractivity contribution in [3.63, 3.8) is 0 Å². The summed E-state index contributed by atoms with van der Waals surface area (Å²) in [6.45, 7) is 3.50. The maximum Gasteiger partial charge on any atom is 0.327 e. The average molecular weight is 404 g/mol. The van der Waals surface area contributed by atoms with Gasteiger partial charge in [-0.25, -0.2) is 4.79 Å². The molecule has 1 spiro atoms. The van der Waals surface area contributed by atoms with E-state index in [1.54, 1.807) is 24.1 Å². The third-order valence-corrected chi connectivity index (χ3v) is 5.55. The van der Waals surface area contributed by atoms with Crippen LogP contribution in [-0.2, 0) is 10.2 Å². The second-order valence-corrected chi connectivity index (χ2v) is 7.52. The summed E-state index contributed by atoms with van der Waals surface area (Å²) in [5.41, 5.74) is 1.79. The van der Waals surface area contributed by atoms with Gasteiger partial charge in [-0.3, -0.25) is 20.1 Å². The zero-order chi connectivity index (χ0) is 17.6. The topological polar surface area (TPSA) is 81.3 Å². The van der Waals surface area contributed by atoms with Crippen molar-refractivity contribution >= 4 is 39.4 Å². The Hall–Kier alpha value is -2.35. The molecule has 3 heterocycles. The van der Waals surface area contributed by atoms with Gasteiger partial charge in [-0.05, 0) is 30.2 Å². The van der Waals surface area contributed by atoms with E-state index in [4.69, 9.17) is 0 Å². The lowest BCUT2D eigenvalue weighted by Gasteiger charge is -2.25. The van der Waals surface area contributed by atoms with Crippen molar-refractivity contribution in [3.05, 3.63) is 40.5 Å². The van der Waals surface area contributed by atoms with Gasteiger partial charge in [0, 0.05) is 54.4 Å². The van der Waals surface area contributed by atoms with Crippen LogP contribution < -0.4 is 10.2 Å². The third kappa shape index (κ3) is 2.70. The fourth-order valence-electron chi connectivity index (χ4n) is 3.82. The van der Waals surface area contributed by atoms with Crippen LogP contribution in [0.5, 0.6) is 0 Å². The lowest BCUT2D eigenvalue weighted by Crippen LogP contribution is -2.41. The molecule has 1 saturated heterocycles. The number of rotatable bonds is 1. The van der Waals surface area contributed by atoms with Gasteiger partial charge in [0.15, 0.2) is 5.82 Å². The number of urea groups is 1. The molecule has 2 N–H and O–H groups in total. The van der Waals surface area contributed by atoms with E-state index in [0.717, 1.165) is 28.7 Å². The van der Waals surface area contributed by atoms with Crippen LogP contribution in [0.2, 0.25) is 0 Å². The number of carbonyl (C=O) groups is 2. The van der Waals surface area contributed by atoms with E-state index in [-0.39, 0.29) is 17.4 Å². The molecule has 7 nitrogen and oxygen atoms in total. The summed E-state index contributed by atoms with van der Waals surface area (Å²) in [4.78, 5) is 28.2. The molecule has 1 atom stereocenters. The van der Waals surface area contributed by atoms with Gasteiger partial charge in [0.25, 0.3) is 0 Å². The molecule has 0 bridgehead atoms. The Morgan fingerprint density at radius 2 is 2.16 bits per heavy atom. The van der Waals surface area contributed by atoms with Gasteiger partial charge in [0.1, 0.15) is 0 Å². The second kappa shape index (κ2) is 5.87. The molecule has 1 aromatic carbocycles. The minimum Gasteiger partial charge on any atom is -0.342 e. The molecule has 4 rings (SSSR count). The van der Waals surface area contributed by atoms with Gasteiger partial charge in [-0.1, -0.05) is 15.9 Å². The molecule has 1 aromatic heterocycles. The molecule has 25 heavy (non-hydrogen) atoms. The van der Waals surface area contributed by atoms with Crippen LogP contribution in [-0.4, -0.2) is 46.7 Å². The van der Waals surface area contributed by atoms with Gasteiger partial charge in [-0.15, -0.1) is 0 Å². The van der Waals surface area contributed by atoms with Crippen molar-refractivity contribution < 1.29 is 9.59 Å². The van der Waals surface area contributed by atoms with Crippen molar-refractivity contribution in [3.8, 4) is 0 Å². The predicted molar refractivity (Wildman–Crippen MR) is 97.6 cm³/mol. The number of nitrogens with one attached hydrogen (secondary N) is 2. The highest BCUT2D eigenvalue weighted by Crippen LogP contribution is 2.47. The number of benzene rings is 1. The molecule has 3 amide bonds. The molecule has 1 unspecified atom stereocenters. The molecule has 0 radical (unpaired) electrons. The standard InChI is InChI=1S/C17H18BrN5O2/c1-11(24)22-7-5-17(9-22)10-23(14-3-2-12(18)8-13(14)17)16(25)20-15-4-6-19-21-15/h2-4,6,8H,5,7,9-10H2,1H3,(H2,19,20,21,25). The normalized spacial score (nSPS) is 21.7. The Morgan fingerprint density at radius 3 is 2.84 bits per heavy atom. The van der Waals surface area contributed by atoms with Crippen LogP contribution in [0.25, 0.3) is 0 Å². The SMILES string of the molecule is CC(=O)N1CCC2(C1)CN(C(=O)Nc1cc[nH]n1)c1ccc(Br)cc12.